The number of hydrogen-bond acceptors (Lipinski definition) is 6. The smallest absolute Gasteiger partial charge is 0.322 e. The molecule has 1 aromatic heterocycles. The van der Waals surface area contributed by atoms with Crippen LogP contribution in [0, 0.1) is 0 Å². The molecule has 21 heavy (non-hydrogen) atoms. The van der Waals surface area contributed by atoms with Gasteiger partial charge in [-0.05, 0) is 31.5 Å². The molecule has 0 spiro atoms. The van der Waals surface area contributed by atoms with Crippen molar-refractivity contribution in [3.63, 3.8) is 0 Å². The zero-order chi connectivity index (χ0) is 15.2. The van der Waals surface area contributed by atoms with E-state index in [2.05, 4.69) is 20.3 Å². The largest absolute Gasteiger partial charge is 0.496 e. The second-order valence-corrected chi connectivity index (χ2v) is 4.88. The summed E-state index contributed by atoms with van der Waals surface area (Å²) in [6.45, 7) is 4.28. The number of halogens is 1. The lowest BCUT2D eigenvalue weighted by Gasteiger charge is -2.11. The Hall–Kier alpha value is -2.08. The first kappa shape index (κ1) is 15.3. The Morgan fingerprint density at radius 1 is 1.19 bits per heavy atom. The van der Waals surface area contributed by atoms with Crippen molar-refractivity contribution in [3.8, 4) is 11.8 Å². The highest BCUT2D eigenvalue weighted by molar-refractivity contribution is 6.28. The molecular formula is C14H17ClN4O2. The number of nitrogens with zero attached hydrogens (tertiary/aromatic N) is 3. The number of nitrogens with one attached hydrogen (secondary N) is 1. The monoisotopic (exact) mass is 308 g/mol. The summed E-state index contributed by atoms with van der Waals surface area (Å²) in [4.78, 5) is 12.1. The Balaban J connectivity index is 2.10. The van der Waals surface area contributed by atoms with E-state index < -0.39 is 0 Å². The predicted molar refractivity (Wildman–Crippen MR) is 80.9 cm³/mol. The molecule has 2 aromatic rings. The summed E-state index contributed by atoms with van der Waals surface area (Å²) in [5, 5.41) is 3.17. The van der Waals surface area contributed by atoms with Gasteiger partial charge in [-0.3, -0.25) is 0 Å². The van der Waals surface area contributed by atoms with Crippen LogP contribution in [0.15, 0.2) is 24.3 Å². The molecule has 0 fully saturated rings. The van der Waals surface area contributed by atoms with Crippen LogP contribution in [-0.2, 0) is 6.54 Å². The number of benzene rings is 1. The van der Waals surface area contributed by atoms with Crippen LogP contribution in [0.1, 0.15) is 19.4 Å². The van der Waals surface area contributed by atoms with E-state index in [-0.39, 0.29) is 17.4 Å². The second kappa shape index (κ2) is 7.08. The van der Waals surface area contributed by atoms with E-state index in [1.807, 2.05) is 38.1 Å². The second-order valence-electron chi connectivity index (χ2n) is 4.54. The van der Waals surface area contributed by atoms with Crippen molar-refractivity contribution in [3.05, 3.63) is 35.1 Å². The van der Waals surface area contributed by atoms with E-state index in [4.69, 9.17) is 21.1 Å². The molecular weight excluding hydrogens is 292 g/mol. The van der Waals surface area contributed by atoms with E-state index in [1.165, 1.54) is 0 Å². The van der Waals surface area contributed by atoms with Crippen LogP contribution >= 0.6 is 11.6 Å². The first-order valence-corrected chi connectivity index (χ1v) is 6.90. The average Bonchev–Trinajstić information content (AvgIpc) is 2.44. The van der Waals surface area contributed by atoms with Gasteiger partial charge in [0, 0.05) is 12.1 Å². The minimum Gasteiger partial charge on any atom is -0.496 e. The molecule has 1 aromatic carbocycles. The number of rotatable bonds is 6. The van der Waals surface area contributed by atoms with Gasteiger partial charge in [0.25, 0.3) is 0 Å². The first-order valence-electron chi connectivity index (χ1n) is 6.52. The SMILES string of the molecule is COc1ccccc1CNc1nc(Cl)nc(OC(C)C)n1. The highest BCUT2D eigenvalue weighted by Gasteiger charge is 2.08. The number of methoxy groups -OCH3 is 1. The fourth-order valence-electron chi connectivity index (χ4n) is 1.70. The van der Waals surface area contributed by atoms with Crippen molar-refractivity contribution in [2.45, 2.75) is 26.5 Å². The Morgan fingerprint density at radius 2 is 1.95 bits per heavy atom. The molecule has 1 heterocycles. The molecule has 0 saturated heterocycles. The van der Waals surface area contributed by atoms with Gasteiger partial charge in [-0.25, -0.2) is 0 Å². The lowest BCUT2D eigenvalue weighted by atomic mass is 10.2. The van der Waals surface area contributed by atoms with Gasteiger partial charge < -0.3 is 14.8 Å². The van der Waals surface area contributed by atoms with Crippen LogP contribution in [0.25, 0.3) is 0 Å². The van der Waals surface area contributed by atoms with E-state index in [0.29, 0.717) is 12.5 Å². The van der Waals surface area contributed by atoms with Crippen molar-refractivity contribution in [2.24, 2.45) is 0 Å². The van der Waals surface area contributed by atoms with Gasteiger partial charge in [0.2, 0.25) is 11.2 Å². The lowest BCUT2D eigenvalue weighted by Crippen LogP contribution is -2.11. The number of anilines is 1. The summed E-state index contributed by atoms with van der Waals surface area (Å²) in [6, 6.07) is 7.90. The molecule has 0 atom stereocenters. The molecule has 0 radical (unpaired) electrons. The summed E-state index contributed by atoms with van der Waals surface area (Å²) in [5.41, 5.74) is 0.989. The third kappa shape index (κ3) is 4.46. The fourth-order valence-corrected chi connectivity index (χ4v) is 1.85. The van der Waals surface area contributed by atoms with Crippen LogP contribution in [0.5, 0.6) is 11.8 Å². The molecule has 0 unspecified atom stereocenters. The Bertz CT molecular complexity index is 607. The van der Waals surface area contributed by atoms with Gasteiger partial charge in [0.05, 0.1) is 13.2 Å². The zero-order valence-corrected chi connectivity index (χ0v) is 12.9. The minimum atomic E-state index is -0.0365. The maximum atomic E-state index is 5.87. The molecule has 0 aliphatic rings. The summed E-state index contributed by atoms with van der Waals surface area (Å²) in [7, 11) is 1.63. The summed E-state index contributed by atoms with van der Waals surface area (Å²) in [6.07, 6.45) is -0.0365. The topological polar surface area (TPSA) is 69.2 Å². The number of para-hydroxylation sites is 1. The Labute approximate surface area is 128 Å². The molecule has 0 bridgehead atoms. The maximum Gasteiger partial charge on any atom is 0.322 e. The van der Waals surface area contributed by atoms with E-state index >= 15 is 0 Å². The average molecular weight is 309 g/mol. The van der Waals surface area contributed by atoms with Gasteiger partial charge >= 0.3 is 6.01 Å². The third-order valence-electron chi connectivity index (χ3n) is 2.56. The molecule has 7 heteroatoms. The maximum absolute atomic E-state index is 5.87. The third-order valence-corrected chi connectivity index (χ3v) is 2.73. The van der Waals surface area contributed by atoms with Crippen LogP contribution < -0.4 is 14.8 Å². The van der Waals surface area contributed by atoms with Gasteiger partial charge in [0.1, 0.15) is 5.75 Å². The van der Waals surface area contributed by atoms with E-state index in [9.17, 15) is 0 Å². The van der Waals surface area contributed by atoms with Crippen LogP contribution in [-0.4, -0.2) is 28.2 Å². The predicted octanol–water partition coefficient (Wildman–Crippen LogP) is 2.93. The number of ether oxygens (including phenoxy) is 2. The molecule has 0 amide bonds. The molecule has 1 N–H and O–H groups in total. The van der Waals surface area contributed by atoms with Crippen molar-refractivity contribution < 1.29 is 9.47 Å². The quantitative estimate of drug-likeness (QED) is 0.885. The molecule has 112 valence electrons. The fraction of sp³-hybridized carbons (Fsp3) is 0.357. The van der Waals surface area contributed by atoms with Crippen molar-refractivity contribution in [1.29, 1.82) is 0 Å². The molecule has 0 aliphatic heterocycles. The minimum absolute atomic E-state index is 0.0365. The van der Waals surface area contributed by atoms with E-state index in [0.717, 1.165) is 11.3 Å². The van der Waals surface area contributed by atoms with Crippen molar-refractivity contribution in [2.75, 3.05) is 12.4 Å². The van der Waals surface area contributed by atoms with Crippen LogP contribution in [0.3, 0.4) is 0 Å². The summed E-state index contributed by atoms with van der Waals surface area (Å²) >= 11 is 5.87. The molecule has 2 rings (SSSR count). The Morgan fingerprint density at radius 3 is 2.67 bits per heavy atom. The number of hydrogen-bond donors (Lipinski definition) is 1. The van der Waals surface area contributed by atoms with Gasteiger partial charge in [-0.2, -0.15) is 15.0 Å². The van der Waals surface area contributed by atoms with Crippen molar-refractivity contribution >= 4 is 17.5 Å². The van der Waals surface area contributed by atoms with Crippen LogP contribution in [0.4, 0.5) is 5.95 Å². The first-order chi connectivity index (χ1) is 10.1. The Kier molecular flexibility index (Phi) is 5.16. The lowest BCUT2D eigenvalue weighted by molar-refractivity contribution is 0.222. The molecule has 6 nitrogen and oxygen atoms in total. The van der Waals surface area contributed by atoms with Crippen LogP contribution in [0.2, 0.25) is 5.28 Å². The van der Waals surface area contributed by atoms with E-state index in [1.54, 1.807) is 7.11 Å². The summed E-state index contributed by atoms with van der Waals surface area (Å²) in [5.74, 6) is 1.15. The highest BCUT2D eigenvalue weighted by Crippen LogP contribution is 2.19. The van der Waals surface area contributed by atoms with Gasteiger partial charge in [-0.15, -0.1) is 0 Å². The molecule has 0 aliphatic carbocycles. The molecule has 0 saturated carbocycles. The van der Waals surface area contributed by atoms with Gasteiger partial charge in [-0.1, -0.05) is 18.2 Å². The zero-order valence-electron chi connectivity index (χ0n) is 12.1. The highest BCUT2D eigenvalue weighted by atomic mass is 35.5. The normalized spacial score (nSPS) is 10.5. The number of aromatic nitrogens is 3. The standard InChI is InChI=1S/C14H17ClN4O2/c1-9(2)21-14-18-12(15)17-13(19-14)16-8-10-6-4-5-7-11(10)20-3/h4-7,9H,8H2,1-3H3,(H,16,17,18,19). The van der Waals surface area contributed by atoms with Gasteiger partial charge in [0.15, 0.2) is 0 Å². The van der Waals surface area contributed by atoms with Crippen molar-refractivity contribution in [1.82, 2.24) is 15.0 Å². The summed E-state index contributed by atoms with van der Waals surface area (Å²) < 4.78 is 10.7.